The molecule has 3 aromatic carbocycles. The van der Waals surface area contributed by atoms with Crippen molar-refractivity contribution in [2.24, 2.45) is 0 Å². The summed E-state index contributed by atoms with van der Waals surface area (Å²) in [7, 11) is 0. The molecule has 0 unspecified atom stereocenters. The zero-order valence-electron chi connectivity index (χ0n) is 15.9. The van der Waals surface area contributed by atoms with Crippen LogP contribution in [0.25, 0.3) is 0 Å². The number of amides is 1. The molecular weight excluding hydrogens is 369 g/mol. The molecule has 4 rings (SSSR count). The number of anilines is 1. The molecule has 146 valence electrons. The van der Waals surface area contributed by atoms with Gasteiger partial charge in [-0.2, -0.15) is 0 Å². The second-order valence-electron chi connectivity index (χ2n) is 7.33. The Labute approximate surface area is 168 Å². The van der Waals surface area contributed by atoms with Gasteiger partial charge in [0, 0.05) is 16.7 Å². The van der Waals surface area contributed by atoms with E-state index >= 15 is 0 Å². The summed E-state index contributed by atoms with van der Waals surface area (Å²) in [6.07, 6.45) is -0.375. The van der Waals surface area contributed by atoms with Crippen LogP contribution in [0.1, 0.15) is 33.5 Å². The molecule has 1 N–H and O–H groups in total. The van der Waals surface area contributed by atoms with E-state index in [1.54, 1.807) is 54.6 Å². The molecule has 29 heavy (non-hydrogen) atoms. The predicted molar refractivity (Wildman–Crippen MR) is 108 cm³/mol. The fraction of sp³-hybridized carbons (Fsp3) is 0.167. The number of hydrogen-bond acceptors (Lipinski definition) is 3. The van der Waals surface area contributed by atoms with Crippen LogP contribution in [0.4, 0.5) is 10.1 Å². The quantitative estimate of drug-likeness (QED) is 0.667. The standard InChI is InChI=1S/C24H20FNO3/c1-16-10-12-17(13-11-16)22(27)14-24(29)19-7-3-5-9-21(19)26(23(24)28)15-18-6-2-4-8-20(18)25/h2-13,29H,14-15H2,1H3/t24-/m0/s1. The number of benzene rings is 3. The van der Waals surface area contributed by atoms with Crippen LogP contribution < -0.4 is 4.90 Å². The number of aryl methyl sites for hydroxylation is 1. The van der Waals surface area contributed by atoms with Crippen LogP contribution in [0.5, 0.6) is 0 Å². The number of ketones is 1. The molecule has 0 bridgehead atoms. The SMILES string of the molecule is Cc1ccc(C(=O)C[C@@]2(O)C(=O)N(Cc3ccccc3F)c3ccccc32)cc1. The number of para-hydroxylation sites is 1. The average molecular weight is 389 g/mol. The summed E-state index contributed by atoms with van der Waals surface area (Å²) in [5.41, 5.74) is 0.649. The minimum Gasteiger partial charge on any atom is -0.375 e. The highest BCUT2D eigenvalue weighted by molar-refractivity contribution is 6.10. The minimum atomic E-state index is -1.98. The number of Topliss-reactive ketones (excluding diaryl/α,β-unsaturated/α-hetero) is 1. The maximum Gasteiger partial charge on any atom is 0.264 e. The van der Waals surface area contributed by atoms with Gasteiger partial charge in [-0.25, -0.2) is 4.39 Å². The normalized spacial score (nSPS) is 18.0. The molecule has 0 saturated heterocycles. The first-order valence-electron chi connectivity index (χ1n) is 9.37. The number of fused-ring (bicyclic) bond motifs is 1. The number of rotatable bonds is 5. The summed E-state index contributed by atoms with van der Waals surface area (Å²) in [6, 6.07) is 20.0. The number of carbonyl (C=O) groups excluding carboxylic acids is 2. The smallest absolute Gasteiger partial charge is 0.264 e. The molecule has 1 aliphatic heterocycles. The molecule has 1 heterocycles. The highest BCUT2D eigenvalue weighted by atomic mass is 19.1. The van der Waals surface area contributed by atoms with E-state index < -0.39 is 17.3 Å². The maximum absolute atomic E-state index is 14.1. The molecule has 0 saturated carbocycles. The Morgan fingerprint density at radius 2 is 1.66 bits per heavy atom. The van der Waals surface area contributed by atoms with E-state index in [0.717, 1.165) is 5.56 Å². The van der Waals surface area contributed by atoms with Gasteiger partial charge in [-0.3, -0.25) is 9.59 Å². The topological polar surface area (TPSA) is 57.6 Å². The highest BCUT2D eigenvalue weighted by Crippen LogP contribution is 2.43. The Morgan fingerprint density at radius 1 is 1.00 bits per heavy atom. The van der Waals surface area contributed by atoms with Crippen molar-refractivity contribution < 1.29 is 19.1 Å². The van der Waals surface area contributed by atoms with Crippen molar-refractivity contribution in [2.45, 2.75) is 25.5 Å². The third-order valence-corrected chi connectivity index (χ3v) is 5.32. The van der Waals surface area contributed by atoms with Crippen molar-refractivity contribution in [3.8, 4) is 0 Å². The van der Waals surface area contributed by atoms with Crippen molar-refractivity contribution in [3.05, 3.63) is 101 Å². The van der Waals surface area contributed by atoms with E-state index in [1.165, 1.54) is 11.0 Å². The van der Waals surface area contributed by atoms with E-state index in [-0.39, 0.29) is 18.7 Å². The van der Waals surface area contributed by atoms with E-state index in [1.807, 2.05) is 19.1 Å². The Balaban J connectivity index is 1.69. The van der Waals surface area contributed by atoms with Crippen LogP contribution in [0.3, 0.4) is 0 Å². The van der Waals surface area contributed by atoms with Gasteiger partial charge in [0.2, 0.25) is 0 Å². The number of hydrogen-bond donors (Lipinski definition) is 1. The van der Waals surface area contributed by atoms with Crippen molar-refractivity contribution in [1.82, 2.24) is 0 Å². The van der Waals surface area contributed by atoms with E-state index in [0.29, 0.717) is 22.4 Å². The van der Waals surface area contributed by atoms with E-state index in [2.05, 4.69) is 0 Å². The largest absolute Gasteiger partial charge is 0.375 e. The Morgan fingerprint density at radius 3 is 2.38 bits per heavy atom. The fourth-order valence-corrected chi connectivity index (χ4v) is 3.71. The number of nitrogens with zero attached hydrogens (tertiary/aromatic N) is 1. The lowest BCUT2D eigenvalue weighted by atomic mass is 9.88. The molecule has 0 spiro atoms. The zero-order chi connectivity index (χ0) is 20.6. The van der Waals surface area contributed by atoms with E-state index in [4.69, 9.17) is 0 Å². The molecule has 1 atom stereocenters. The number of halogens is 1. The maximum atomic E-state index is 14.1. The molecule has 0 radical (unpaired) electrons. The van der Waals surface area contributed by atoms with Gasteiger partial charge in [0.05, 0.1) is 18.7 Å². The first-order valence-corrected chi connectivity index (χ1v) is 9.37. The Bertz CT molecular complexity index is 1090. The third-order valence-electron chi connectivity index (χ3n) is 5.32. The van der Waals surface area contributed by atoms with Crippen LogP contribution in [0.2, 0.25) is 0 Å². The molecule has 3 aromatic rings. The first kappa shape index (κ1) is 19.0. The average Bonchev–Trinajstić information content (AvgIpc) is 2.92. The van der Waals surface area contributed by atoms with Crippen LogP contribution in [-0.2, 0) is 16.9 Å². The Hall–Kier alpha value is -3.31. The van der Waals surface area contributed by atoms with Gasteiger partial charge in [-0.1, -0.05) is 66.2 Å². The van der Waals surface area contributed by atoms with Gasteiger partial charge in [0.25, 0.3) is 5.91 Å². The van der Waals surface area contributed by atoms with Gasteiger partial charge in [0.15, 0.2) is 11.4 Å². The molecule has 1 amide bonds. The summed E-state index contributed by atoms with van der Waals surface area (Å²) < 4.78 is 14.1. The van der Waals surface area contributed by atoms with Gasteiger partial charge < -0.3 is 10.0 Å². The van der Waals surface area contributed by atoms with Crippen LogP contribution in [0, 0.1) is 12.7 Å². The van der Waals surface area contributed by atoms with Crippen LogP contribution in [0.15, 0.2) is 72.8 Å². The van der Waals surface area contributed by atoms with Crippen molar-refractivity contribution >= 4 is 17.4 Å². The summed E-state index contributed by atoms with van der Waals surface area (Å²) in [4.78, 5) is 27.4. The van der Waals surface area contributed by atoms with Crippen LogP contribution >= 0.6 is 0 Å². The molecule has 0 aliphatic carbocycles. The zero-order valence-corrected chi connectivity index (χ0v) is 15.9. The summed E-state index contributed by atoms with van der Waals surface area (Å²) in [5, 5.41) is 11.3. The van der Waals surface area contributed by atoms with Crippen molar-refractivity contribution in [3.63, 3.8) is 0 Å². The predicted octanol–water partition coefficient (Wildman–Crippen LogP) is 4.14. The van der Waals surface area contributed by atoms with Crippen molar-refractivity contribution in [1.29, 1.82) is 0 Å². The first-order chi connectivity index (χ1) is 13.9. The molecule has 4 nitrogen and oxygen atoms in total. The Kier molecular flexibility index (Phi) is 4.76. The lowest BCUT2D eigenvalue weighted by Crippen LogP contribution is -2.41. The minimum absolute atomic E-state index is 0.0243. The second-order valence-corrected chi connectivity index (χ2v) is 7.33. The van der Waals surface area contributed by atoms with E-state index in [9.17, 15) is 19.1 Å². The fourth-order valence-electron chi connectivity index (χ4n) is 3.71. The third kappa shape index (κ3) is 3.34. The lowest BCUT2D eigenvalue weighted by Gasteiger charge is -2.23. The molecule has 0 aromatic heterocycles. The molecule has 0 fully saturated rings. The second kappa shape index (κ2) is 7.26. The number of carbonyl (C=O) groups is 2. The van der Waals surface area contributed by atoms with Gasteiger partial charge >= 0.3 is 0 Å². The van der Waals surface area contributed by atoms with Crippen molar-refractivity contribution in [2.75, 3.05) is 4.90 Å². The monoisotopic (exact) mass is 389 g/mol. The highest BCUT2D eigenvalue weighted by Gasteiger charge is 2.50. The number of aliphatic hydroxyl groups is 1. The van der Waals surface area contributed by atoms with Crippen LogP contribution in [-0.4, -0.2) is 16.8 Å². The molecular formula is C24H20FNO3. The lowest BCUT2D eigenvalue weighted by molar-refractivity contribution is -0.136. The molecule has 1 aliphatic rings. The summed E-state index contributed by atoms with van der Waals surface area (Å²) in [5.74, 6) is -1.38. The van der Waals surface area contributed by atoms with Gasteiger partial charge in [-0.15, -0.1) is 0 Å². The van der Waals surface area contributed by atoms with Gasteiger partial charge in [-0.05, 0) is 19.1 Å². The molecule has 5 heteroatoms. The summed E-state index contributed by atoms with van der Waals surface area (Å²) >= 11 is 0. The summed E-state index contributed by atoms with van der Waals surface area (Å²) in [6.45, 7) is 1.89. The van der Waals surface area contributed by atoms with Gasteiger partial charge in [0.1, 0.15) is 5.82 Å².